The second kappa shape index (κ2) is 8.06. The molecule has 2 atom stereocenters. The number of carbonyl (C=O) groups excluding carboxylic acids is 1. The molecule has 0 saturated carbocycles. The molecule has 3 heterocycles. The number of amides is 2. The number of para-hydroxylation sites is 1. The van der Waals surface area contributed by atoms with Gasteiger partial charge in [0.25, 0.3) is 5.91 Å². The second-order valence-corrected chi connectivity index (χ2v) is 9.70. The highest BCUT2D eigenvalue weighted by Crippen LogP contribution is 2.44. The van der Waals surface area contributed by atoms with Gasteiger partial charge in [-0.05, 0) is 18.6 Å². The molecule has 2 aromatic heterocycles. The molecule has 0 spiro atoms. The predicted molar refractivity (Wildman–Crippen MR) is 117 cm³/mol. The maximum absolute atomic E-state index is 11.9. The highest BCUT2D eigenvalue weighted by molar-refractivity contribution is 8.24. The van der Waals surface area contributed by atoms with Gasteiger partial charge in [-0.15, -0.1) is 0 Å². The molecule has 0 unspecified atom stereocenters. The maximum atomic E-state index is 11.9. The van der Waals surface area contributed by atoms with E-state index in [0.29, 0.717) is 5.69 Å². The zero-order valence-corrected chi connectivity index (χ0v) is 17.1. The van der Waals surface area contributed by atoms with Crippen LogP contribution in [0.3, 0.4) is 0 Å². The predicted octanol–water partition coefficient (Wildman–Crippen LogP) is 2.29. The molecule has 2 amide bonds. The highest BCUT2D eigenvalue weighted by Gasteiger charge is 2.34. The van der Waals surface area contributed by atoms with Gasteiger partial charge < -0.3 is 26.5 Å². The number of anilines is 1. The van der Waals surface area contributed by atoms with Gasteiger partial charge in [-0.2, -0.15) is 10.6 Å². The number of nitrogens with two attached hydrogens (primary N) is 1. The Morgan fingerprint density at radius 3 is 2.71 bits per heavy atom. The summed E-state index contributed by atoms with van der Waals surface area (Å²) in [5.41, 5.74) is 7.08. The molecule has 1 aromatic carbocycles. The van der Waals surface area contributed by atoms with Crippen molar-refractivity contribution in [3.05, 3.63) is 42.2 Å². The Bertz CT molecular complexity index is 1120. The number of fused-ring (bicyclic) bond motifs is 1. The van der Waals surface area contributed by atoms with Gasteiger partial charge >= 0.3 is 6.09 Å². The number of benzene rings is 1. The molecule has 12 heteroatoms. The summed E-state index contributed by atoms with van der Waals surface area (Å²) in [6.45, 7) is 0. The van der Waals surface area contributed by atoms with E-state index in [1.165, 1.54) is 6.20 Å². The normalized spacial score (nSPS) is 21.4. The third kappa shape index (κ3) is 4.55. The van der Waals surface area contributed by atoms with Gasteiger partial charge in [-0.1, -0.05) is 18.2 Å². The minimum atomic E-state index is -2.85. The first-order valence-electron chi connectivity index (χ1n) is 9.46. The monoisotopic (exact) mass is 446 g/mol. The quantitative estimate of drug-likeness (QED) is 0.311. The number of aromatic nitrogens is 3. The van der Waals surface area contributed by atoms with Crippen LogP contribution in [-0.2, 0) is 0 Å². The van der Waals surface area contributed by atoms with Gasteiger partial charge in [-0.25, -0.2) is 14.8 Å². The molecule has 11 nitrogen and oxygen atoms in total. The van der Waals surface area contributed by atoms with Crippen LogP contribution in [0.5, 0.6) is 0 Å². The van der Waals surface area contributed by atoms with E-state index >= 15 is 0 Å². The van der Waals surface area contributed by atoms with Crippen molar-refractivity contribution in [3.63, 3.8) is 0 Å². The fourth-order valence-electron chi connectivity index (χ4n) is 3.70. The third-order valence-electron chi connectivity index (χ3n) is 5.12. The Hall–Kier alpha value is -3.35. The van der Waals surface area contributed by atoms with E-state index in [-0.39, 0.29) is 35.1 Å². The summed E-state index contributed by atoms with van der Waals surface area (Å²) in [7, 11) is -2.85. The number of rotatable bonds is 5. The lowest BCUT2D eigenvalue weighted by Crippen LogP contribution is -2.52. The van der Waals surface area contributed by atoms with E-state index in [4.69, 9.17) is 10.8 Å². The van der Waals surface area contributed by atoms with Crippen molar-refractivity contribution in [1.82, 2.24) is 20.3 Å². The smallest absolute Gasteiger partial charge is 0.404 e. The SMILES string of the molecule is NC(=O)c1ncc(N[C@@H]2CS(O)(O)CC[C@@H]2NC(=O)O)nc1-c1cc2ccccc2[nH]1. The van der Waals surface area contributed by atoms with Gasteiger partial charge in [0.2, 0.25) is 0 Å². The molecular formula is C19H22N6O5S. The van der Waals surface area contributed by atoms with E-state index in [9.17, 15) is 18.7 Å². The summed E-state index contributed by atoms with van der Waals surface area (Å²) in [5.74, 6) is -0.426. The molecule has 1 aliphatic rings. The van der Waals surface area contributed by atoms with Gasteiger partial charge in [0, 0.05) is 16.7 Å². The van der Waals surface area contributed by atoms with Crippen molar-refractivity contribution < 1.29 is 23.8 Å². The number of hydrogen-bond acceptors (Lipinski definition) is 7. The lowest BCUT2D eigenvalue weighted by atomic mass is 10.1. The summed E-state index contributed by atoms with van der Waals surface area (Å²) in [5, 5.41) is 15.5. The molecule has 1 fully saturated rings. The summed E-state index contributed by atoms with van der Waals surface area (Å²) in [6, 6.07) is 8.19. The lowest BCUT2D eigenvalue weighted by molar-refractivity contribution is 0.0996. The number of hydrogen-bond donors (Lipinski definition) is 7. The Morgan fingerprint density at radius 2 is 2.00 bits per heavy atom. The number of carbonyl (C=O) groups is 2. The van der Waals surface area contributed by atoms with Crippen molar-refractivity contribution in [2.45, 2.75) is 18.5 Å². The molecule has 164 valence electrons. The molecule has 8 N–H and O–H groups in total. The number of nitrogens with zero attached hydrogens (tertiary/aromatic N) is 2. The molecule has 0 aliphatic carbocycles. The summed E-state index contributed by atoms with van der Waals surface area (Å²) >= 11 is 0. The van der Waals surface area contributed by atoms with Crippen molar-refractivity contribution >= 4 is 39.3 Å². The van der Waals surface area contributed by atoms with Gasteiger partial charge in [0.15, 0.2) is 5.69 Å². The van der Waals surface area contributed by atoms with Gasteiger partial charge in [0.1, 0.15) is 11.5 Å². The second-order valence-electron chi connectivity index (χ2n) is 7.36. The fourth-order valence-corrected chi connectivity index (χ4v) is 5.38. The highest BCUT2D eigenvalue weighted by atomic mass is 32.3. The minimum Gasteiger partial charge on any atom is -0.465 e. The van der Waals surface area contributed by atoms with Gasteiger partial charge in [-0.3, -0.25) is 13.9 Å². The van der Waals surface area contributed by atoms with Gasteiger partial charge in [0.05, 0.1) is 29.7 Å². The standard InChI is InChI=1S/C19H22N6O5S/c20-18(26)17-16(13-7-10-3-1-2-4-11(10)22-13)25-15(8-21-17)23-14-9-31(29,30)6-5-12(14)24-19(27)28/h1-4,7-8,12,14,22,24,29-30H,5-6,9H2,(H2,20,26)(H,23,25)(H,27,28)/t12-,14+/m0/s1. The van der Waals surface area contributed by atoms with E-state index in [2.05, 4.69) is 25.6 Å². The van der Waals surface area contributed by atoms with Crippen LogP contribution < -0.4 is 16.4 Å². The Morgan fingerprint density at radius 1 is 1.23 bits per heavy atom. The Balaban J connectivity index is 1.69. The van der Waals surface area contributed by atoms with E-state index in [1.54, 1.807) is 0 Å². The lowest BCUT2D eigenvalue weighted by Gasteiger charge is -2.44. The maximum Gasteiger partial charge on any atom is 0.404 e. The molecular weight excluding hydrogens is 424 g/mol. The number of H-pyrrole nitrogens is 1. The molecule has 0 radical (unpaired) electrons. The summed E-state index contributed by atoms with van der Waals surface area (Å²) in [4.78, 5) is 34.8. The van der Waals surface area contributed by atoms with E-state index in [0.717, 1.165) is 10.9 Å². The van der Waals surface area contributed by atoms with Crippen LogP contribution in [-0.4, -0.2) is 64.8 Å². The summed E-state index contributed by atoms with van der Waals surface area (Å²) < 4.78 is 20.3. The largest absolute Gasteiger partial charge is 0.465 e. The fraction of sp³-hybridized carbons (Fsp3) is 0.263. The summed E-state index contributed by atoms with van der Waals surface area (Å²) in [6.07, 6.45) is 0.363. The zero-order chi connectivity index (χ0) is 22.2. The van der Waals surface area contributed by atoms with Crippen molar-refractivity contribution in [3.8, 4) is 11.4 Å². The Labute approximate surface area is 178 Å². The molecule has 31 heavy (non-hydrogen) atoms. The first-order chi connectivity index (χ1) is 14.7. The van der Waals surface area contributed by atoms with E-state index < -0.39 is 34.7 Å². The van der Waals surface area contributed by atoms with Crippen LogP contribution in [0.1, 0.15) is 16.9 Å². The zero-order valence-electron chi connectivity index (χ0n) is 16.3. The van der Waals surface area contributed by atoms with Crippen molar-refractivity contribution in [2.75, 3.05) is 16.8 Å². The molecule has 1 aliphatic heterocycles. The first-order valence-corrected chi connectivity index (χ1v) is 11.3. The number of nitrogens with one attached hydrogen (secondary N) is 3. The van der Waals surface area contributed by atoms with Crippen molar-refractivity contribution in [2.24, 2.45) is 5.73 Å². The third-order valence-corrected chi connectivity index (χ3v) is 6.90. The van der Waals surface area contributed by atoms with Crippen molar-refractivity contribution in [1.29, 1.82) is 0 Å². The number of primary amides is 1. The average molecular weight is 446 g/mol. The van der Waals surface area contributed by atoms with E-state index in [1.807, 2.05) is 30.3 Å². The van der Waals surface area contributed by atoms with Crippen LogP contribution in [0, 0.1) is 0 Å². The van der Waals surface area contributed by atoms with Crippen LogP contribution in [0.4, 0.5) is 10.6 Å². The number of aromatic amines is 1. The molecule has 4 rings (SSSR count). The molecule has 0 bridgehead atoms. The van der Waals surface area contributed by atoms with Crippen LogP contribution in [0.25, 0.3) is 22.3 Å². The number of carboxylic acid groups (broad SMARTS) is 1. The first kappa shape index (κ1) is 20.9. The topological polar surface area (TPSA) is 186 Å². The molecule has 3 aromatic rings. The Kier molecular flexibility index (Phi) is 5.43. The minimum absolute atomic E-state index is 0.0229. The van der Waals surface area contributed by atoms with Crippen LogP contribution in [0.2, 0.25) is 0 Å². The molecule has 1 saturated heterocycles. The average Bonchev–Trinajstić information content (AvgIpc) is 3.13. The van der Waals surface area contributed by atoms with Crippen LogP contribution >= 0.6 is 10.6 Å². The van der Waals surface area contributed by atoms with Crippen LogP contribution in [0.15, 0.2) is 36.5 Å².